The Balaban J connectivity index is 1.33. The van der Waals surface area contributed by atoms with E-state index in [1.807, 2.05) is 23.5 Å². The molecule has 4 N–H and O–H groups in total. The lowest BCUT2D eigenvalue weighted by molar-refractivity contribution is -0.122. The fourth-order valence-electron chi connectivity index (χ4n) is 4.74. The summed E-state index contributed by atoms with van der Waals surface area (Å²) in [6.07, 6.45) is 1.67. The second-order valence-electron chi connectivity index (χ2n) is 12.3. The Kier molecular flexibility index (Phi) is 9.73. The number of nitrogens with zero attached hydrogens (tertiary/aromatic N) is 6. The number of ether oxygens (including phenoxy) is 1. The number of carbonyl (C=O) groups excluding carboxylic acids is 3. The predicted octanol–water partition coefficient (Wildman–Crippen LogP) is -2.27. The number of rotatable bonds is 12. The molecule has 0 spiro atoms. The van der Waals surface area contributed by atoms with E-state index in [2.05, 4.69) is 58.5 Å². The second kappa shape index (κ2) is 13.7. The van der Waals surface area contributed by atoms with Crippen LogP contribution in [-0.4, -0.2) is 124 Å². The van der Waals surface area contributed by atoms with Crippen LogP contribution in [0.3, 0.4) is 0 Å². The third-order valence-electron chi connectivity index (χ3n) is 7.29. The van der Waals surface area contributed by atoms with Gasteiger partial charge in [0.25, 0.3) is 11.8 Å². The van der Waals surface area contributed by atoms with Crippen LogP contribution in [0.25, 0.3) is 11.5 Å². The molecule has 1 aromatic carbocycles. The molecule has 2 aliphatic rings. The van der Waals surface area contributed by atoms with E-state index in [0.29, 0.717) is 35.1 Å². The van der Waals surface area contributed by atoms with Gasteiger partial charge in [-0.15, -0.1) is 10.2 Å². The predicted molar refractivity (Wildman–Crippen MR) is 175 cm³/mol. The van der Waals surface area contributed by atoms with Crippen molar-refractivity contribution in [2.45, 2.75) is 24.6 Å². The molecule has 18 heteroatoms. The summed E-state index contributed by atoms with van der Waals surface area (Å²) in [5, 5.41) is 23.5. The molecule has 15 nitrogen and oxygen atoms in total. The minimum Gasteiger partial charge on any atom is -0.494 e. The first kappa shape index (κ1) is 32.0. The number of carbonyl (C=O) groups is 3. The summed E-state index contributed by atoms with van der Waals surface area (Å²) in [4.78, 5) is 46.9. The van der Waals surface area contributed by atoms with Gasteiger partial charge in [0.15, 0.2) is 23.1 Å². The molecule has 0 atom stereocenters. The molecule has 2 aromatic heterocycles. The molecular weight excluding hydrogens is 577 g/mol. The normalized spacial score (nSPS) is 15.7. The van der Waals surface area contributed by atoms with E-state index in [0.717, 1.165) is 39.0 Å². The highest BCUT2D eigenvalue weighted by Gasteiger charge is 2.30. The maximum absolute atomic E-state index is 13.2. The number of hydrogen-bond donors (Lipinski definition) is 4. The van der Waals surface area contributed by atoms with Crippen LogP contribution in [0.1, 0.15) is 29.2 Å². The Morgan fingerprint density at radius 1 is 1.09 bits per heavy atom. The number of nitrogens with one attached hydrogen (secondary N) is 4. The molecule has 0 unspecified atom stereocenters. The van der Waals surface area contributed by atoms with Crippen LogP contribution in [-0.2, 0) is 16.1 Å². The highest BCUT2D eigenvalue weighted by atomic mass is 16.5. The number of piperazine rings is 1. The molecule has 1 aliphatic carbocycles. The van der Waals surface area contributed by atoms with Crippen molar-refractivity contribution in [1.82, 2.24) is 40.8 Å². The molecule has 0 bridgehead atoms. The number of amides is 3. The van der Waals surface area contributed by atoms with Gasteiger partial charge in [-0.25, -0.2) is 0 Å². The van der Waals surface area contributed by atoms with Crippen molar-refractivity contribution < 1.29 is 23.6 Å². The molecule has 3 amide bonds. The van der Waals surface area contributed by atoms with E-state index >= 15 is 0 Å². The zero-order valence-corrected chi connectivity index (χ0v) is 26.3. The largest absolute Gasteiger partial charge is 0.494 e. The van der Waals surface area contributed by atoms with Crippen LogP contribution in [0.2, 0.25) is 0 Å². The Morgan fingerprint density at radius 3 is 2.53 bits per heavy atom. The van der Waals surface area contributed by atoms with Gasteiger partial charge in [0, 0.05) is 38.2 Å². The summed E-state index contributed by atoms with van der Waals surface area (Å²) in [6.45, 7) is 3.97. The molecule has 5 rings (SSSR count). The Labute approximate surface area is 263 Å². The zero-order valence-electron chi connectivity index (χ0n) is 26.3. The average Bonchev–Trinajstić information content (AvgIpc) is 3.74. The highest BCUT2D eigenvalue weighted by molar-refractivity contribution is 6.60. The molecule has 3 heterocycles. The summed E-state index contributed by atoms with van der Waals surface area (Å²) >= 11 is 0. The fourth-order valence-corrected chi connectivity index (χ4v) is 4.74. The number of methoxy groups -OCH3 is 1. The number of anilines is 3. The zero-order chi connectivity index (χ0) is 32.1. The lowest BCUT2D eigenvalue weighted by atomic mass is 9.49. The molecule has 1 saturated heterocycles. The van der Waals surface area contributed by atoms with Gasteiger partial charge in [0.1, 0.15) is 23.5 Å². The number of likely N-dealkylation sites (N-methyl/N-ethyl adjacent to an activating group) is 1. The monoisotopic (exact) mass is 614 g/mol. The number of para-hydroxylation sites is 1. The molecule has 2 fully saturated rings. The van der Waals surface area contributed by atoms with Gasteiger partial charge in [-0.05, 0) is 37.3 Å². The third kappa shape index (κ3) is 8.60. The Morgan fingerprint density at radius 2 is 1.84 bits per heavy atom. The SMILES string of the molecule is BC(B)(B)NC(=O)c1nnc(NC(=O)C2CC2)cc1Nc1cccc(-c2nc(CNC(=O)CN3CCN(C)CC3)no2)c1OC. The maximum atomic E-state index is 13.2. The number of aromatic nitrogens is 4. The number of hydrogen-bond acceptors (Lipinski definition) is 12. The smallest absolute Gasteiger partial charge is 0.272 e. The average molecular weight is 614 g/mol. The van der Waals surface area contributed by atoms with Gasteiger partial charge >= 0.3 is 0 Å². The minimum absolute atomic E-state index is 0.0339. The number of benzene rings is 1. The molecule has 234 valence electrons. The molecule has 1 saturated carbocycles. The van der Waals surface area contributed by atoms with Gasteiger partial charge < -0.3 is 35.4 Å². The van der Waals surface area contributed by atoms with E-state index in [1.165, 1.54) is 7.11 Å². The summed E-state index contributed by atoms with van der Waals surface area (Å²) in [5.41, 5.74) is 1.32. The summed E-state index contributed by atoms with van der Waals surface area (Å²) < 4.78 is 11.3. The molecule has 3 aromatic rings. The van der Waals surface area contributed by atoms with Crippen molar-refractivity contribution in [1.29, 1.82) is 0 Å². The minimum atomic E-state index is -0.522. The molecule has 1 aliphatic heterocycles. The molecule has 45 heavy (non-hydrogen) atoms. The molecule has 0 radical (unpaired) electrons. The first-order chi connectivity index (χ1) is 21.5. The van der Waals surface area contributed by atoms with Gasteiger partial charge in [0.05, 0.1) is 37.1 Å². The van der Waals surface area contributed by atoms with Gasteiger partial charge in [0.2, 0.25) is 11.8 Å². The Hall–Kier alpha value is -4.44. The van der Waals surface area contributed by atoms with Crippen LogP contribution in [0.15, 0.2) is 28.8 Å². The lowest BCUT2D eigenvalue weighted by Gasteiger charge is -2.31. The summed E-state index contributed by atoms with van der Waals surface area (Å²) in [7, 11) is 9.15. The van der Waals surface area contributed by atoms with Crippen LogP contribution in [0.4, 0.5) is 17.2 Å². The second-order valence-corrected chi connectivity index (χ2v) is 12.3. The van der Waals surface area contributed by atoms with Crippen molar-refractivity contribution in [3.05, 3.63) is 35.8 Å². The summed E-state index contributed by atoms with van der Waals surface area (Å²) in [6, 6.07) is 6.84. The third-order valence-corrected chi connectivity index (χ3v) is 7.29. The molecular formula is C27H37B3N10O5. The van der Waals surface area contributed by atoms with Crippen molar-refractivity contribution in [2.24, 2.45) is 5.92 Å². The highest BCUT2D eigenvalue weighted by Crippen LogP contribution is 2.38. The quantitative estimate of drug-likeness (QED) is 0.161. The van der Waals surface area contributed by atoms with E-state index in [9.17, 15) is 14.4 Å². The fraction of sp³-hybridized carbons (Fsp3) is 0.444. The van der Waals surface area contributed by atoms with Crippen LogP contribution in [0.5, 0.6) is 5.75 Å². The van der Waals surface area contributed by atoms with Crippen molar-refractivity contribution >= 4 is 58.5 Å². The standard InChI is InChI=1S/C27H37B3N10O5/c1-39-8-10-40(11-9-39)14-21(41)31-13-20-34-26(45-38-20)16-4-3-5-17(23(16)44-2)32-18-12-19(33-24(42)15-6-7-15)36-37-22(18)25(43)35-27(28,29)30/h3-5,12,15H,6-11,13-14,28-30H2,1-2H3,(H,31,41)(H,35,43)(H2,32,33,36,42). The van der Waals surface area contributed by atoms with E-state index in [1.54, 1.807) is 24.3 Å². The lowest BCUT2D eigenvalue weighted by Crippen LogP contribution is -2.50. The Bertz CT molecular complexity index is 1550. The van der Waals surface area contributed by atoms with Crippen molar-refractivity contribution in [3.8, 4) is 17.2 Å². The van der Waals surface area contributed by atoms with Crippen molar-refractivity contribution in [2.75, 3.05) is 57.5 Å². The van der Waals surface area contributed by atoms with Gasteiger partial charge in [-0.1, -0.05) is 11.2 Å². The van der Waals surface area contributed by atoms with Crippen LogP contribution >= 0.6 is 0 Å². The van der Waals surface area contributed by atoms with Crippen LogP contribution in [0, 0.1) is 5.92 Å². The summed E-state index contributed by atoms with van der Waals surface area (Å²) in [5.74, 6) is 0.367. The van der Waals surface area contributed by atoms with Crippen molar-refractivity contribution in [3.63, 3.8) is 0 Å². The van der Waals surface area contributed by atoms with E-state index in [4.69, 9.17) is 9.26 Å². The van der Waals surface area contributed by atoms with Crippen LogP contribution < -0.4 is 26.0 Å². The van der Waals surface area contributed by atoms with E-state index in [-0.39, 0.29) is 41.7 Å². The van der Waals surface area contributed by atoms with Gasteiger partial charge in [-0.3, -0.25) is 19.3 Å². The van der Waals surface area contributed by atoms with Gasteiger partial charge in [-0.2, -0.15) is 4.98 Å². The maximum Gasteiger partial charge on any atom is 0.272 e. The topological polar surface area (TPSA) is 180 Å². The van der Waals surface area contributed by atoms with E-state index < -0.39 is 11.1 Å². The first-order valence-electron chi connectivity index (χ1n) is 14.9. The first-order valence-corrected chi connectivity index (χ1v) is 14.9.